The molecule has 2 rings (SSSR count). The molecule has 0 radical (unpaired) electrons. The van der Waals surface area contributed by atoms with Crippen LogP contribution < -0.4 is 5.32 Å². The van der Waals surface area contributed by atoms with E-state index in [9.17, 15) is 0 Å². The molecule has 2 heterocycles. The van der Waals surface area contributed by atoms with Gasteiger partial charge in [-0.25, -0.2) is 0 Å². The van der Waals surface area contributed by atoms with Gasteiger partial charge in [-0.2, -0.15) is 11.8 Å². The van der Waals surface area contributed by atoms with Crippen LogP contribution in [0.2, 0.25) is 0 Å². The van der Waals surface area contributed by atoms with E-state index in [0.717, 1.165) is 25.0 Å². The van der Waals surface area contributed by atoms with Crippen LogP contribution in [0.25, 0.3) is 0 Å². The van der Waals surface area contributed by atoms with Gasteiger partial charge in [0.15, 0.2) is 0 Å². The van der Waals surface area contributed by atoms with Crippen LogP contribution >= 0.6 is 11.8 Å². The van der Waals surface area contributed by atoms with E-state index in [0.29, 0.717) is 0 Å². The van der Waals surface area contributed by atoms with Gasteiger partial charge < -0.3 is 10.1 Å². The van der Waals surface area contributed by atoms with Crippen LogP contribution in [0, 0.1) is 11.8 Å². The second-order valence-corrected chi connectivity index (χ2v) is 5.60. The van der Waals surface area contributed by atoms with Crippen molar-refractivity contribution in [3.8, 4) is 0 Å². The third-order valence-corrected chi connectivity index (χ3v) is 4.44. The Morgan fingerprint density at radius 1 is 1.29 bits per heavy atom. The molecule has 0 amide bonds. The molecule has 0 spiro atoms. The summed E-state index contributed by atoms with van der Waals surface area (Å²) in [5.41, 5.74) is 0. The second-order valence-electron chi connectivity index (χ2n) is 4.45. The van der Waals surface area contributed by atoms with Crippen molar-refractivity contribution in [2.45, 2.75) is 19.3 Å². The lowest BCUT2D eigenvalue weighted by Gasteiger charge is -2.11. The predicted octanol–water partition coefficient (Wildman–Crippen LogP) is 1.76. The van der Waals surface area contributed by atoms with Crippen molar-refractivity contribution in [1.82, 2.24) is 5.32 Å². The highest BCUT2D eigenvalue weighted by atomic mass is 32.2. The summed E-state index contributed by atoms with van der Waals surface area (Å²) in [6.45, 7) is 4.42. The fourth-order valence-electron chi connectivity index (χ4n) is 2.17. The third-order valence-electron chi connectivity index (χ3n) is 3.21. The topological polar surface area (TPSA) is 21.3 Å². The molecular weight excluding hydrogens is 194 g/mol. The van der Waals surface area contributed by atoms with Gasteiger partial charge in [-0.05, 0) is 55.7 Å². The van der Waals surface area contributed by atoms with Crippen LogP contribution in [0.5, 0.6) is 0 Å². The third kappa shape index (κ3) is 3.44. The lowest BCUT2D eigenvalue weighted by Crippen LogP contribution is -2.25. The summed E-state index contributed by atoms with van der Waals surface area (Å²) in [4.78, 5) is 0. The summed E-state index contributed by atoms with van der Waals surface area (Å²) in [7, 11) is 0. The number of hydrogen-bond donors (Lipinski definition) is 1. The fraction of sp³-hybridized carbons (Fsp3) is 1.00. The zero-order valence-corrected chi connectivity index (χ0v) is 9.65. The van der Waals surface area contributed by atoms with Gasteiger partial charge in [-0.1, -0.05) is 0 Å². The lowest BCUT2D eigenvalue weighted by molar-refractivity contribution is 0.184. The quantitative estimate of drug-likeness (QED) is 0.706. The molecule has 0 aromatic carbocycles. The molecule has 2 fully saturated rings. The van der Waals surface area contributed by atoms with Crippen molar-refractivity contribution in [3.63, 3.8) is 0 Å². The average Bonchev–Trinajstić information content (AvgIpc) is 2.86. The maximum Gasteiger partial charge on any atom is 0.0495 e. The van der Waals surface area contributed by atoms with Crippen LogP contribution in [0.4, 0.5) is 0 Å². The minimum atomic E-state index is 0.834. The molecule has 2 unspecified atom stereocenters. The highest BCUT2D eigenvalue weighted by molar-refractivity contribution is 7.99. The van der Waals surface area contributed by atoms with Gasteiger partial charge in [0.25, 0.3) is 0 Å². The lowest BCUT2D eigenvalue weighted by atomic mass is 10.0. The zero-order chi connectivity index (χ0) is 9.64. The van der Waals surface area contributed by atoms with E-state index in [4.69, 9.17) is 4.74 Å². The van der Waals surface area contributed by atoms with Crippen LogP contribution in [-0.4, -0.2) is 37.8 Å². The van der Waals surface area contributed by atoms with Gasteiger partial charge in [0.1, 0.15) is 0 Å². The molecule has 0 aliphatic carbocycles. The molecule has 2 atom stereocenters. The standard InChI is InChI=1S/C11H21NOS/c1(10-2-5-13-8-10)4-12-7-11-3-6-14-9-11/h10-12H,1-9H2. The SMILES string of the molecule is C(CC1CCOC1)NCC1CCSC1. The van der Waals surface area contributed by atoms with Crippen LogP contribution in [0.15, 0.2) is 0 Å². The van der Waals surface area contributed by atoms with E-state index in [-0.39, 0.29) is 0 Å². The van der Waals surface area contributed by atoms with Crippen molar-refractivity contribution in [2.24, 2.45) is 11.8 Å². The number of thioether (sulfide) groups is 1. The van der Waals surface area contributed by atoms with E-state index in [1.165, 1.54) is 43.9 Å². The maximum atomic E-state index is 5.36. The second kappa shape index (κ2) is 5.99. The molecule has 0 aromatic heterocycles. The molecule has 0 bridgehead atoms. The molecule has 14 heavy (non-hydrogen) atoms. The fourth-order valence-corrected chi connectivity index (χ4v) is 3.45. The molecule has 82 valence electrons. The molecule has 2 nitrogen and oxygen atoms in total. The highest BCUT2D eigenvalue weighted by Gasteiger charge is 2.16. The van der Waals surface area contributed by atoms with E-state index in [1.54, 1.807) is 0 Å². The summed E-state index contributed by atoms with van der Waals surface area (Å²) in [5, 5.41) is 3.59. The van der Waals surface area contributed by atoms with Crippen LogP contribution in [-0.2, 0) is 4.74 Å². The normalized spacial score (nSPS) is 32.6. The molecule has 1 N–H and O–H groups in total. The Kier molecular flexibility index (Phi) is 4.61. The zero-order valence-electron chi connectivity index (χ0n) is 8.84. The number of nitrogens with one attached hydrogen (secondary N) is 1. The van der Waals surface area contributed by atoms with Gasteiger partial charge >= 0.3 is 0 Å². The van der Waals surface area contributed by atoms with E-state index in [2.05, 4.69) is 17.1 Å². The predicted molar refractivity (Wildman–Crippen MR) is 61.8 cm³/mol. The molecular formula is C11H21NOS. The Labute approximate surface area is 91.2 Å². The van der Waals surface area contributed by atoms with E-state index >= 15 is 0 Å². The Balaban J connectivity index is 1.46. The summed E-state index contributed by atoms with van der Waals surface area (Å²) in [5.74, 6) is 4.53. The molecule has 0 saturated carbocycles. The number of hydrogen-bond acceptors (Lipinski definition) is 3. The molecule has 0 aromatic rings. The van der Waals surface area contributed by atoms with Gasteiger partial charge in [-0.3, -0.25) is 0 Å². The molecule has 2 aliphatic heterocycles. The Hall–Kier alpha value is 0.270. The van der Waals surface area contributed by atoms with Gasteiger partial charge in [0.2, 0.25) is 0 Å². The summed E-state index contributed by atoms with van der Waals surface area (Å²) >= 11 is 2.11. The van der Waals surface area contributed by atoms with Gasteiger partial charge in [0.05, 0.1) is 0 Å². The van der Waals surface area contributed by atoms with Gasteiger partial charge in [0, 0.05) is 13.2 Å². The maximum absolute atomic E-state index is 5.36. The number of ether oxygens (including phenoxy) is 1. The van der Waals surface area contributed by atoms with Crippen molar-refractivity contribution < 1.29 is 4.74 Å². The Bertz CT molecular complexity index is 135. The minimum Gasteiger partial charge on any atom is -0.381 e. The minimum absolute atomic E-state index is 0.834. The van der Waals surface area contributed by atoms with Gasteiger partial charge in [-0.15, -0.1) is 0 Å². The summed E-state index contributed by atoms with van der Waals surface area (Å²) in [6.07, 6.45) is 4.00. The molecule has 2 saturated heterocycles. The monoisotopic (exact) mass is 215 g/mol. The van der Waals surface area contributed by atoms with Crippen molar-refractivity contribution >= 4 is 11.8 Å². The van der Waals surface area contributed by atoms with E-state index in [1.807, 2.05) is 0 Å². The van der Waals surface area contributed by atoms with Crippen LogP contribution in [0.3, 0.4) is 0 Å². The highest BCUT2D eigenvalue weighted by Crippen LogP contribution is 2.22. The Morgan fingerprint density at radius 2 is 2.29 bits per heavy atom. The first-order chi connectivity index (χ1) is 6.95. The van der Waals surface area contributed by atoms with Crippen molar-refractivity contribution in [2.75, 3.05) is 37.8 Å². The first-order valence-corrected chi connectivity index (χ1v) is 6.97. The van der Waals surface area contributed by atoms with E-state index < -0.39 is 0 Å². The molecule has 3 heteroatoms. The summed E-state index contributed by atoms with van der Waals surface area (Å²) in [6, 6.07) is 0. The first-order valence-electron chi connectivity index (χ1n) is 5.81. The average molecular weight is 215 g/mol. The summed E-state index contributed by atoms with van der Waals surface area (Å²) < 4.78 is 5.36. The number of rotatable bonds is 5. The van der Waals surface area contributed by atoms with Crippen LogP contribution in [0.1, 0.15) is 19.3 Å². The largest absolute Gasteiger partial charge is 0.381 e. The van der Waals surface area contributed by atoms with Crippen molar-refractivity contribution in [3.05, 3.63) is 0 Å². The Morgan fingerprint density at radius 3 is 3.00 bits per heavy atom. The molecule has 2 aliphatic rings. The van der Waals surface area contributed by atoms with Crippen molar-refractivity contribution in [1.29, 1.82) is 0 Å². The first kappa shape index (κ1) is 10.8. The smallest absolute Gasteiger partial charge is 0.0495 e.